The van der Waals surface area contributed by atoms with Crippen molar-refractivity contribution < 1.29 is 14.3 Å². The lowest BCUT2D eigenvalue weighted by Crippen LogP contribution is -2.32. The summed E-state index contributed by atoms with van der Waals surface area (Å²) in [4.78, 5) is 11.9. The fourth-order valence-corrected chi connectivity index (χ4v) is 2.47. The Morgan fingerprint density at radius 1 is 1.47 bits per heavy atom. The molecule has 2 atom stereocenters. The molecule has 0 bridgehead atoms. The SMILES string of the molecule is COC(=O)C(COc1ccccc1C)C1CCNC1. The molecule has 0 saturated carbocycles. The summed E-state index contributed by atoms with van der Waals surface area (Å²) in [5.41, 5.74) is 1.08. The van der Waals surface area contributed by atoms with Crippen molar-refractivity contribution in [2.24, 2.45) is 11.8 Å². The molecule has 2 unspecified atom stereocenters. The van der Waals surface area contributed by atoms with Gasteiger partial charge in [0.2, 0.25) is 0 Å². The lowest BCUT2D eigenvalue weighted by atomic mass is 9.92. The Balaban J connectivity index is 2.00. The predicted molar refractivity (Wildman–Crippen MR) is 73.2 cm³/mol. The van der Waals surface area contributed by atoms with E-state index in [1.165, 1.54) is 7.11 Å². The molecule has 19 heavy (non-hydrogen) atoms. The number of hydrogen-bond donors (Lipinski definition) is 1. The van der Waals surface area contributed by atoms with Crippen LogP contribution in [0.4, 0.5) is 0 Å². The molecule has 1 aliphatic rings. The molecule has 0 aliphatic carbocycles. The first kappa shape index (κ1) is 13.9. The second-order valence-electron chi connectivity index (χ2n) is 4.96. The largest absolute Gasteiger partial charge is 0.492 e. The van der Waals surface area contributed by atoms with Crippen LogP contribution in [0.15, 0.2) is 24.3 Å². The summed E-state index contributed by atoms with van der Waals surface area (Å²) >= 11 is 0. The molecule has 1 fully saturated rings. The minimum absolute atomic E-state index is 0.178. The van der Waals surface area contributed by atoms with Crippen molar-refractivity contribution >= 4 is 5.97 Å². The van der Waals surface area contributed by atoms with Crippen molar-refractivity contribution in [1.82, 2.24) is 5.32 Å². The van der Waals surface area contributed by atoms with Crippen LogP contribution < -0.4 is 10.1 Å². The van der Waals surface area contributed by atoms with Gasteiger partial charge in [-0.25, -0.2) is 0 Å². The first-order valence-corrected chi connectivity index (χ1v) is 6.69. The Morgan fingerprint density at radius 2 is 2.26 bits per heavy atom. The summed E-state index contributed by atoms with van der Waals surface area (Å²) in [6.07, 6.45) is 0.997. The molecule has 0 amide bonds. The molecule has 1 aliphatic heterocycles. The van der Waals surface area contributed by atoms with Gasteiger partial charge in [0.1, 0.15) is 12.4 Å². The molecular formula is C15H21NO3. The van der Waals surface area contributed by atoms with Gasteiger partial charge in [0.25, 0.3) is 0 Å². The number of rotatable bonds is 5. The third-order valence-corrected chi connectivity index (χ3v) is 3.68. The van der Waals surface area contributed by atoms with Crippen molar-refractivity contribution in [1.29, 1.82) is 0 Å². The van der Waals surface area contributed by atoms with Gasteiger partial charge in [-0.05, 0) is 44.0 Å². The van der Waals surface area contributed by atoms with Gasteiger partial charge in [0.05, 0.1) is 13.0 Å². The maximum absolute atomic E-state index is 11.9. The smallest absolute Gasteiger partial charge is 0.312 e. The van der Waals surface area contributed by atoms with Crippen LogP contribution in [0, 0.1) is 18.8 Å². The average Bonchev–Trinajstić information content (AvgIpc) is 2.94. The summed E-state index contributed by atoms with van der Waals surface area (Å²) < 4.78 is 10.7. The topological polar surface area (TPSA) is 47.6 Å². The minimum atomic E-state index is -0.195. The minimum Gasteiger partial charge on any atom is -0.492 e. The maximum Gasteiger partial charge on any atom is 0.312 e. The van der Waals surface area contributed by atoms with Gasteiger partial charge in [0.15, 0.2) is 0 Å². The van der Waals surface area contributed by atoms with Crippen LogP contribution in [0.3, 0.4) is 0 Å². The molecule has 1 saturated heterocycles. The average molecular weight is 263 g/mol. The van der Waals surface area contributed by atoms with Crippen LogP contribution in [0.5, 0.6) is 5.75 Å². The summed E-state index contributed by atoms with van der Waals surface area (Å²) in [6.45, 7) is 4.20. The summed E-state index contributed by atoms with van der Waals surface area (Å²) in [6, 6.07) is 7.84. The third-order valence-electron chi connectivity index (χ3n) is 3.68. The zero-order valence-electron chi connectivity index (χ0n) is 11.5. The molecule has 0 spiro atoms. The number of benzene rings is 1. The highest BCUT2D eigenvalue weighted by Gasteiger charge is 2.32. The number of methoxy groups -OCH3 is 1. The van der Waals surface area contributed by atoms with E-state index in [-0.39, 0.29) is 11.9 Å². The fourth-order valence-electron chi connectivity index (χ4n) is 2.47. The fraction of sp³-hybridized carbons (Fsp3) is 0.533. The predicted octanol–water partition coefficient (Wildman–Crippen LogP) is 1.77. The van der Waals surface area contributed by atoms with E-state index in [4.69, 9.17) is 9.47 Å². The van der Waals surface area contributed by atoms with Gasteiger partial charge in [-0.15, -0.1) is 0 Å². The van der Waals surface area contributed by atoms with E-state index in [0.717, 1.165) is 30.8 Å². The molecule has 104 valence electrons. The number of carbonyl (C=O) groups is 1. The zero-order chi connectivity index (χ0) is 13.7. The number of ether oxygens (including phenoxy) is 2. The number of hydrogen-bond acceptors (Lipinski definition) is 4. The van der Waals surface area contributed by atoms with Crippen LogP contribution in [-0.2, 0) is 9.53 Å². The van der Waals surface area contributed by atoms with E-state index >= 15 is 0 Å². The highest BCUT2D eigenvalue weighted by Crippen LogP contribution is 2.23. The Kier molecular flexibility index (Phi) is 4.80. The summed E-state index contributed by atoms with van der Waals surface area (Å²) in [5, 5.41) is 3.28. The lowest BCUT2D eigenvalue weighted by molar-refractivity contribution is -0.148. The van der Waals surface area contributed by atoms with Crippen molar-refractivity contribution in [2.75, 3.05) is 26.8 Å². The molecule has 2 rings (SSSR count). The Bertz CT molecular complexity index is 427. The van der Waals surface area contributed by atoms with Crippen molar-refractivity contribution in [3.05, 3.63) is 29.8 Å². The Morgan fingerprint density at radius 3 is 2.89 bits per heavy atom. The molecule has 4 heteroatoms. The first-order chi connectivity index (χ1) is 9.22. The number of para-hydroxylation sites is 1. The Hall–Kier alpha value is -1.55. The number of esters is 1. The number of aryl methyl sites for hydroxylation is 1. The second kappa shape index (κ2) is 6.57. The number of carbonyl (C=O) groups excluding carboxylic acids is 1. The highest BCUT2D eigenvalue weighted by atomic mass is 16.5. The third kappa shape index (κ3) is 3.47. The van der Waals surface area contributed by atoms with Crippen LogP contribution in [0.25, 0.3) is 0 Å². The quantitative estimate of drug-likeness (QED) is 0.823. The summed E-state index contributed by atoms with van der Waals surface area (Å²) in [7, 11) is 1.44. The van der Waals surface area contributed by atoms with Gasteiger partial charge < -0.3 is 14.8 Å². The van der Waals surface area contributed by atoms with Gasteiger partial charge in [-0.3, -0.25) is 4.79 Å². The second-order valence-corrected chi connectivity index (χ2v) is 4.96. The molecule has 1 heterocycles. The highest BCUT2D eigenvalue weighted by molar-refractivity contribution is 5.73. The van der Waals surface area contributed by atoms with Gasteiger partial charge >= 0.3 is 5.97 Å². The number of nitrogens with one attached hydrogen (secondary N) is 1. The van der Waals surface area contributed by atoms with E-state index in [1.807, 2.05) is 31.2 Å². The van der Waals surface area contributed by atoms with Crippen LogP contribution in [-0.4, -0.2) is 32.8 Å². The zero-order valence-corrected chi connectivity index (χ0v) is 11.5. The van der Waals surface area contributed by atoms with E-state index in [2.05, 4.69) is 5.32 Å². The Labute approximate surface area is 114 Å². The van der Waals surface area contributed by atoms with Gasteiger partial charge in [-0.1, -0.05) is 18.2 Å². The molecule has 0 radical (unpaired) electrons. The monoisotopic (exact) mass is 263 g/mol. The van der Waals surface area contributed by atoms with Crippen LogP contribution in [0.2, 0.25) is 0 Å². The van der Waals surface area contributed by atoms with E-state index < -0.39 is 0 Å². The molecular weight excluding hydrogens is 242 g/mol. The van der Waals surface area contributed by atoms with Gasteiger partial charge in [0, 0.05) is 0 Å². The molecule has 1 aromatic carbocycles. The van der Waals surface area contributed by atoms with E-state index in [1.54, 1.807) is 0 Å². The van der Waals surface area contributed by atoms with Gasteiger partial charge in [-0.2, -0.15) is 0 Å². The molecule has 1 N–H and O–H groups in total. The molecule has 4 nitrogen and oxygen atoms in total. The van der Waals surface area contributed by atoms with Crippen molar-refractivity contribution in [3.8, 4) is 5.75 Å². The van der Waals surface area contributed by atoms with E-state index in [0.29, 0.717) is 12.5 Å². The normalized spacial score (nSPS) is 20.0. The molecule has 0 aromatic heterocycles. The van der Waals surface area contributed by atoms with Crippen LogP contribution >= 0.6 is 0 Å². The van der Waals surface area contributed by atoms with Crippen molar-refractivity contribution in [2.45, 2.75) is 13.3 Å². The lowest BCUT2D eigenvalue weighted by Gasteiger charge is -2.21. The van der Waals surface area contributed by atoms with Crippen molar-refractivity contribution in [3.63, 3.8) is 0 Å². The standard InChI is InChI=1S/C15H21NO3/c1-11-5-3-4-6-14(11)19-10-13(15(17)18-2)12-7-8-16-9-12/h3-6,12-13,16H,7-10H2,1-2H3. The van der Waals surface area contributed by atoms with E-state index in [9.17, 15) is 4.79 Å². The van der Waals surface area contributed by atoms with Crippen LogP contribution in [0.1, 0.15) is 12.0 Å². The summed E-state index contributed by atoms with van der Waals surface area (Å²) in [5.74, 6) is 0.765. The first-order valence-electron chi connectivity index (χ1n) is 6.69. The molecule has 1 aromatic rings. The maximum atomic E-state index is 11.9.